The van der Waals surface area contributed by atoms with Crippen LogP contribution < -0.4 is 4.90 Å². The number of carbonyl (C=O) groups excluding carboxylic acids is 1. The lowest BCUT2D eigenvalue weighted by molar-refractivity contribution is -0.115. The van der Waals surface area contributed by atoms with E-state index < -0.39 is 0 Å². The van der Waals surface area contributed by atoms with E-state index in [1.165, 1.54) is 16.9 Å². The van der Waals surface area contributed by atoms with Crippen LogP contribution in [-0.2, 0) is 17.6 Å². The molecule has 0 N–H and O–H groups in total. The molecule has 0 unspecified atom stereocenters. The molecule has 164 valence electrons. The predicted molar refractivity (Wildman–Crippen MR) is 129 cm³/mol. The molecule has 3 heterocycles. The molecule has 0 aliphatic heterocycles. The molecule has 1 aromatic carbocycles. The lowest BCUT2D eigenvalue weighted by Crippen LogP contribution is -2.24. The number of hydrogen-bond acceptors (Lipinski definition) is 7. The Hall–Kier alpha value is -3.04. The molecule has 0 radical (unpaired) electrons. The largest absolute Gasteiger partial charge is 0.305 e. The number of aryl methyl sites for hydroxylation is 3. The lowest BCUT2D eigenvalue weighted by atomic mass is 10.0. The Bertz CT molecular complexity index is 1240. The molecule has 4 aromatic rings. The van der Waals surface area contributed by atoms with Crippen LogP contribution in [0.5, 0.6) is 0 Å². The van der Waals surface area contributed by atoms with Gasteiger partial charge in [-0.15, -0.1) is 21.5 Å². The SMILES string of the molecule is CC(=O)N(c1nc(CSc2nnc(-c3cccnc3)n2C)cs1)c1c(C)cc(C)cc1C. The number of anilines is 2. The third-order valence-electron chi connectivity index (χ3n) is 5.01. The second-order valence-electron chi connectivity index (χ2n) is 7.62. The number of thioether (sulfide) groups is 1. The summed E-state index contributed by atoms with van der Waals surface area (Å²) in [6.45, 7) is 7.70. The molecule has 0 spiro atoms. The second-order valence-corrected chi connectivity index (χ2v) is 9.40. The van der Waals surface area contributed by atoms with Crippen molar-refractivity contribution in [2.45, 2.75) is 38.6 Å². The quantitative estimate of drug-likeness (QED) is 0.363. The van der Waals surface area contributed by atoms with Crippen molar-refractivity contribution in [3.63, 3.8) is 0 Å². The van der Waals surface area contributed by atoms with Crippen LogP contribution in [0.25, 0.3) is 11.4 Å². The van der Waals surface area contributed by atoms with E-state index in [2.05, 4.69) is 34.2 Å². The fourth-order valence-corrected chi connectivity index (χ4v) is 5.49. The smallest absolute Gasteiger partial charge is 0.230 e. The fourth-order valence-electron chi connectivity index (χ4n) is 3.70. The minimum absolute atomic E-state index is 0.0528. The van der Waals surface area contributed by atoms with Gasteiger partial charge in [-0.25, -0.2) is 4.98 Å². The van der Waals surface area contributed by atoms with Crippen LogP contribution in [0.15, 0.2) is 47.2 Å². The van der Waals surface area contributed by atoms with Gasteiger partial charge in [-0.2, -0.15) is 0 Å². The zero-order valence-corrected chi connectivity index (χ0v) is 20.3. The van der Waals surface area contributed by atoms with Crippen LogP contribution in [0.4, 0.5) is 10.8 Å². The summed E-state index contributed by atoms with van der Waals surface area (Å²) in [6.07, 6.45) is 3.51. The number of aromatic nitrogens is 5. The van der Waals surface area contributed by atoms with Crippen LogP contribution in [0.2, 0.25) is 0 Å². The summed E-state index contributed by atoms with van der Waals surface area (Å²) in [4.78, 5) is 23.2. The average Bonchev–Trinajstić information content (AvgIpc) is 3.36. The van der Waals surface area contributed by atoms with Crippen molar-refractivity contribution in [1.82, 2.24) is 24.7 Å². The molecule has 0 saturated carbocycles. The number of benzene rings is 1. The van der Waals surface area contributed by atoms with Crippen LogP contribution >= 0.6 is 23.1 Å². The normalized spacial score (nSPS) is 11.0. The van der Waals surface area contributed by atoms with Gasteiger partial charge in [0.2, 0.25) is 5.91 Å². The summed E-state index contributed by atoms with van der Waals surface area (Å²) in [6, 6.07) is 8.03. The molecule has 0 fully saturated rings. The third-order valence-corrected chi connectivity index (χ3v) is 6.94. The molecule has 0 aliphatic carbocycles. The Morgan fingerprint density at radius 1 is 1.19 bits per heavy atom. The molecule has 0 bridgehead atoms. The van der Waals surface area contributed by atoms with Crippen molar-refractivity contribution < 1.29 is 4.79 Å². The number of thiazole rings is 1. The van der Waals surface area contributed by atoms with Gasteiger partial charge in [0.25, 0.3) is 0 Å². The van der Waals surface area contributed by atoms with E-state index in [1.54, 1.807) is 36.0 Å². The zero-order chi connectivity index (χ0) is 22.8. The van der Waals surface area contributed by atoms with Gasteiger partial charge in [0.05, 0.1) is 11.4 Å². The zero-order valence-electron chi connectivity index (χ0n) is 18.7. The van der Waals surface area contributed by atoms with Gasteiger partial charge < -0.3 is 4.57 Å². The number of nitrogens with zero attached hydrogens (tertiary/aromatic N) is 6. The molecule has 0 aliphatic rings. The van der Waals surface area contributed by atoms with E-state index >= 15 is 0 Å². The number of hydrogen-bond donors (Lipinski definition) is 0. The van der Waals surface area contributed by atoms with Crippen molar-refractivity contribution >= 4 is 39.8 Å². The van der Waals surface area contributed by atoms with E-state index in [9.17, 15) is 4.79 Å². The maximum atomic E-state index is 12.6. The van der Waals surface area contributed by atoms with Crippen LogP contribution in [0.1, 0.15) is 29.3 Å². The first-order valence-electron chi connectivity index (χ1n) is 10.1. The molecule has 7 nitrogen and oxygen atoms in total. The molecule has 9 heteroatoms. The van der Waals surface area contributed by atoms with E-state index in [-0.39, 0.29) is 5.91 Å². The molecule has 0 atom stereocenters. The topological polar surface area (TPSA) is 76.8 Å². The molecular weight excluding hydrogens is 440 g/mol. The van der Waals surface area contributed by atoms with Gasteiger partial charge in [0.1, 0.15) is 0 Å². The number of amides is 1. The summed E-state index contributed by atoms with van der Waals surface area (Å²) in [7, 11) is 1.94. The summed E-state index contributed by atoms with van der Waals surface area (Å²) in [5.41, 5.74) is 6.03. The Morgan fingerprint density at radius 3 is 2.59 bits per heavy atom. The molecule has 3 aromatic heterocycles. The van der Waals surface area contributed by atoms with E-state index in [1.807, 2.05) is 43.0 Å². The maximum Gasteiger partial charge on any atom is 0.230 e. The van der Waals surface area contributed by atoms with Gasteiger partial charge in [0.15, 0.2) is 16.1 Å². The molecule has 4 rings (SSSR count). The number of carbonyl (C=O) groups is 1. The summed E-state index contributed by atoms with van der Waals surface area (Å²) in [5.74, 6) is 1.35. The van der Waals surface area contributed by atoms with E-state index in [0.29, 0.717) is 10.9 Å². The Balaban J connectivity index is 1.54. The third kappa shape index (κ3) is 4.44. The Morgan fingerprint density at radius 2 is 1.94 bits per heavy atom. The molecule has 0 saturated heterocycles. The van der Waals surface area contributed by atoms with Gasteiger partial charge in [-0.1, -0.05) is 29.5 Å². The monoisotopic (exact) mass is 464 g/mol. The van der Waals surface area contributed by atoms with Crippen LogP contribution in [0, 0.1) is 20.8 Å². The summed E-state index contributed by atoms with van der Waals surface area (Å²) < 4.78 is 1.95. The predicted octanol–water partition coefficient (Wildman–Crippen LogP) is 5.24. The van der Waals surface area contributed by atoms with Gasteiger partial charge in [-0.3, -0.25) is 14.7 Å². The first-order valence-corrected chi connectivity index (χ1v) is 12.0. The van der Waals surface area contributed by atoms with Crippen molar-refractivity contribution in [2.24, 2.45) is 7.05 Å². The highest BCUT2D eigenvalue weighted by Crippen LogP contribution is 2.35. The van der Waals surface area contributed by atoms with Crippen LogP contribution in [-0.4, -0.2) is 30.6 Å². The van der Waals surface area contributed by atoms with E-state index in [4.69, 9.17) is 4.98 Å². The minimum atomic E-state index is -0.0528. The highest BCUT2D eigenvalue weighted by atomic mass is 32.2. The van der Waals surface area contributed by atoms with Gasteiger partial charge >= 0.3 is 0 Å². The number of rotatable bonds is 6. The highest BCUT2D eigenvalue weighted by molar-refractivity contribution is 7.98. The van der Waals surface area contributed by atoms with Crippen LogP contribution in [0.3, 0.4) is 0 Å². The first kappa shape index (κ1) is 22.2. The van der Waals surface area contributed by atoms with E-state index in [0.717, 1.165) is 39.1 Å². The highest BCUT2D eigenvalue weighted by Gasteiger charge is 2.22. The first-order chi connectivity index (χ1) is 15.3. The second kappa shape index (κ2) is 9.22. The van der Waals surface area contributed by atoms with Crippen molar-refractivity contribution in [1.29, 1.82) is 0 Å². The molecule has 32 heavy (non-hydrogen) atoms. The Kier molecular flexibility index (Phi) is 6.38. The van der Waals surface area contributed by atoms with Crippen molar-refractivity contribution in [3.05, 3.63) is 64.4 Å². The molecule has 1 amide bonds. The molecular formula is C23H24N6OS2. The fraction of sp³-hybridized carbons (Fsp3) is 0.261. The van der Waals surface area contributed by atoms with Crippen molar-refractivity contribution in [3.8, 4) is 11.4 Å². The standard InChI is InChI=1S/C23H24N6OS2/c1-14-9-15(2)20(16(3)10-14)29(17(4)30)22-25-19(12-31-22)13-32-23-27-26-21(28(23)5)18-7-6-8-24-11-18/h6-12H,13H2,1-5H3. The summed E-state index contributed by atoms with van der Waals surface area (Å²) in [5, 5.41) is 12.1. The minimum Gasteiger partial charge on any atom is -0.305 e. The Labute approximate surface area is 195 Å². The lowest BCUT2D eigenvalue weighted by Gasteiger charge is -2.23. The van der Waals surface area contributed by atoms with Gasteiger partial charge in [0, 0.05) is 43.1 Å². The van der Waals surface area contributed by atoms with Crippen molar-refractivity contribution in [2.75, 3.05) is 4.90 Å². The van der Waals surface area contributed by atoms with Gasteiger partial charge in [-0.05, 0) is 44.0 Å². The average molecular weight is 465 g/mol. The number of pyridine rings is 1. The maximum absolute atomic E-state index is 12.6. The summed E-state index contributed by atoms with van der Waals surface area (Å²) >= 11 is 3.04.